The van der Waals surface area contributed by atoms with Crippen LogP contribution >= 0.6 is 11.3 Å². The maximum atomic E-state index is 13.5. The molecule has 4 rings (SSSR count). The maximum absolute atomic E-state index is 13.5. The van der Waals surface area contributed by atoms with Crippen LogP contribution in [0, 0.1) is 6.92 Å². The lowest BCUT2D eigenvalue weighted by molar-refractivity contribution is -0.124. The molecule has 0 spiro atoms. The first kappa shape index (κ1) is 25.2. The van der Waals surface area contributed by atoms with Crippen molar-refractivity contribution in [3.63, 3.8) is 0 Å². The zero-order valence-corrected chi connectivity index (χ0v) is 21.3. The predicted molar refractivity (Wildman–Crippen MR) is 140 cm³/mol. The van der Waals surface area contributed by atoms with Gasteiger partial charge in [0.2, 0.25) is 5.91 Å². The van der Waals surface area contributed by atoms with Crippen LogP contribution in [0.2, 0.25) is 0 Å². The summed E-state index contributed by atoms with van der Waals surface area (Å²) >= 11 is 1.62. The number of amides is 4. The molecule has 1 fully saturated rings. The summed E-state index contributed by atoms with van der Waals surface area (Å²) in [5.41, 5.74) is 2.15. The lowest BCUT2D eigenvalue weighted by Crippen LogP contribution is -2.39. The van der Waals surface area contributed by atoms with Crippen LogP contribution < -0.4 is 19.7 Å². The predicted octanol–water partition coefficient (Wildman–Crippen LogP) is 4.87. The smallest absolute Gasteiger partial charge is 0.332 e. The van der Waals surface area contributed by atoms with Gasteiger partial charge in [0.15, 0.2) is 0 Å². The third kappa shape index (κ3) is 5.52. The van der Waals surface area contributed by atoms with E-state index >= 15 is 0 Å². The van der Waals surface area contributed by atoms with Crippen molar-refractivity contribution in [2.24, 2.45) is 0 Å². The van der Waals surface area contributed by atoms with Gasteiger partial charge >= 0.3 is 6.03 Å². The van der Waals surface area contributed by atoms with Crippen molar-refractivity contribution in [1.29, 1.82) is 0 Å². The normalized spacial score (nSPS) is 15.4. The molecule has 1 unspecified atom stereocenters. The van der Waals surface area contributed by atoms with Gasteiger partial charge in [0, 0.05) is 23.2 Å². The Morgan fingerprint density at radius 2 is 1.86 bits per heavy atom. The average Bonchev–Trinajstić information content (AvgIpc) is 3.38. The fourth-order valence-electron chi connectivity index (χ4n) is 4.15. The van der Waals surface area contributed by atoms with Crippen molar-refractivity contribution < 1.29 is 23.9 Å². The Morgan fingerprint density at radius 3 is 2.53 bits per heavy atom. The molecule has 188 valence electrons. The summed E-state index contributed by atoms with van der Waals surface area (Å²) < 4.78 is 10.7. The Balaban J connectivity index is 1.54. The van der Waals surface area contributed by atoms with Gasteiger partial charge < -0.3 is 19.7 Å². The molecule has 0 radical (unpaired) electrons. The second-order valence-corrected chi connectivity index (χ2v) is 9.35. The van der Waals surface area contributed by atoms with E-state index in [-0.39, 0.29) is 12.3 Å². The molecule has 36 heavy (non-hydrogen) atoms. The number of benzene rings is 2. The number of ether oxygens (including phenoxy) is 2. The zero-order valence-electron chi connectivity index (χ0n) is 20.5. The van der Waals surface area contributed by atoms with Crippen LogP contribution in [-0.2, 0) is 16.0 Å². The molecule has 0 aliphatic carbocycles. The van der Waals surface area contributed by atoms with Gasteiger partial charge in [0.25, 0.3) is 5.91 Å². The number of aryl methyl sites for hydroxylation is 1. The zero-order chi connectivity index (χ0) is 25.7. The SMILES string of the molecule is CCOc1ccc(NC(=O)CC2C(=O)N(c3cccc(OC)c3)C(=O)N2CCc2sccc2C)cc1. The summed E-state index contributed by atoms with van der Waals surface area (Å²) in [6.07, 6.45) is 0.452. The molecule has 1 N–H and O–H groups in total. The molecule has 1 aliphatic heterocycles. The van der Waals surface area contributed by atoms with E-state index in [0.29, 0.717) is 42.4 Å². The summed E-state index contributed by atoms with van der Waals surface area (Å²) in [5.74, 6) is 0.453. The van der Waals surface area contributed by atoms with Gasteiger partial charge in [-0.25, -0.2) is 9.69 Å². The first-order chi connectivity index (χ1) is 17.4. The molecule has 8 nitrogen and oxygen atoms in total. The highest BCUT2D eigenvalue weighted by atomic mass is 32.1. The summed E-state index contributed by atoms with van der Waals surface area (Å²) in [7, 11) is 1.52. The molecule has 1 saturated heterocycles. The molecule has 0 saturated carbocycles. The van der Waals surface area contributed by atoms with E-state index in [2.05, 4.69) is 5.32 Å². The Kier molecular flexibility index (Phi) is 7.90. The third-order valence-electron chi connectivity index (χ3n) is 6.01. The number of hydrogen-bond acceptors (Lipinski definition) is 6. The number of hydrogen-bond donors (Lipinski definition) is 1. The van der Waals surface area contributed by atoms with Crippen LogP contribution in [0.15, 0.2) is 60.0 Å². The molecule has 3 aromatic rings. The van der Waals surface area contributed by atoms with Crippen LogP contribution in [0.5, 0.6) is 11.5 Å². The highest BCUT2D eigenvalue weighted by Gasteiger charge is 2.46. The molecular formula is C27H29N3O5S. The fourth-order valence-corrected chi connectivity index (χ4v) is 5.05. The standard InChI is InChI=1S/C27H29N3O5S/c1-4-35-21-10-8-19(9-11-21)28-25(31)17-23-26(32)30(20-6-5-7-22(16-20)34-3)27(33)29(23)14-12-24-18(2)13-15-36-24/h5-11,13,15-16,23H,4,12,14,17H2,1-3H3,(H,28,31). The van der Waals surface area contributed by atoms with Crippen LogP contribution in [0.25, 0.3) is 0 Å². The van der Waals surface area contributed by atoms with Gasteiger partial charge in [-0.15, -0.1) is 11.3 Å². The van der Waals surface area contributed by atoms with Crippen LogP contribution in [0.3, 0.4) is 0 Å². The molecular weight excluding hydrogens is 478 g/mol. The van der Waals surface area contributed by atoms with Crippen LogP contribution in [-0.4, -0.2) is 49.0 Å². The van der Waals surface area contributed by atoms with E-state index < -0.39 is 18.0 Å². The first-order valence-electron chi connectivity index (χ1n) is 11.8. The lowest BCUT2D eigenvalue weighted by Gasteiger charge is -2.21. The molecule has 9 heteroatoms. The van der Waals surface area contributed by atoms with Gasteiger partial charge in [-0.2, -0.15) is 0 Å². The Morgan fingerprint density at radius 1 is 1.08 bits per heavy atom. The monoisotopic (exact) mass is 507 g/mol. The number of nitrogens with one attached hydrogen (secondary N) is 1. The van der Waals surface area contributed by atoms with Gasteiger partial charge in [-0.1, -0.05) is 6.07 Å². The average molecular weight is 508 g/mol. The molecule has 2 heterocycles. The number of anilines is 2. The van der Waals surface area contributed by atoms with Gasteiger partial charge in [-0.05, 0) is 73.7 Å². The first-order valence-corrected chi connectivity index (χ1v) is 12.6. The fraction of sp³-hybridized carbons (Fsp3) is 0.296. The number of imide groups is 1. The van der Waals surface area contributed by atoms with Crippen molar-refractivity contribution in [2.45, 2.75) is 32.7 Å². The second kappa shape index (κ2) is 11.3. The van der Waals surface area contributed by atoms with Crippen LogP contribution in [0.1, 0.15) is 23.8 Å². The second-order valence-electron chi connectivity index (χ2n) is 8.35. The molecule has 2 aromatic carbocycles. The van der Waals surface area contributed by atoms with E-state index in [0.717, 1.165) is 15.3 Å². The van der Waals surface area contributed by atoms with E-state index in [1.807, 2.05) is 25.3 Å². The van der Waals surface area contributed by atoms with E-state index in [1.165, 1.54) is 12.0 Å². The van der Waals surface area contributed by atoms with Gasteiger partial charge in [0.05, 0.1) is 25.8 Å². The number of urea groups is 1. The Hall–Kier alpha value is -3.85. The van der Waals surface area contributed by atoms with Crippen molar-refractivity contribution in [2.75, 3.05) is 30.5 Å². The summed E-state index contributed by atoms with van der Waals surface area (Å²) in [6, 6.07) is 14.5. The summed E-state index contributed by atoms with van der Waals surface area (Å²) in [6.45, 7) is 4.80. The summed E-state index contributed by atoms with van der Waals surface area (Å²) in [4.78, 5) is 43.7. The number of nitrogens with zero attached hydrogens (tertiary/aromatic N) is 2. The third-order valence-corrected chi connectivity index (χ3v) is 7.09. The number of carbonyl (C=O) groups is 3. The topological polar surface area (TPSA) is 88.2 Å². The van der Waals surface area contributed by atoms with Crippen molar-refractivity contribution in [1.82, 2.24) is 4.90 Å². The highest BCUT2D eigenvalue weighted by Crippen LogP contribution is 2.30. The van der Waals surface area contributed by atoms with Crippen molar-refractivity contribution in [3.8, 4) is 11.5 Å². The largest absolute Gasteiger partial charge is 0.497 e. The molecule has 1 aliphatic rings. The molecule has 1 aromatic heterocycles. The summed E-state index contributed by atoms with van der Waals surface area (Å²) in [5, 5.41) is 4.83. The Labute approximate surface area is 214 Å². The van der Waals surface area contributed by atoms with Crippen molar-refractivity contribution >= 4 is 40.6 Å². The number of carbonyl (C=O) groups excluding carboxylic acids is 3. The lowest BCUT2D eigenvalue weighted by atomic mass is 10.1. The number of rotatable bonds is 10. The number of thiophene rings is 1. The van der Waals surface area contributed by atoms with E-state index in [9.17, 15) is 14.4 Å². The van der Waals surface area contributed by atoms with Gasteiger partial charge in [0.1, 0.15) is 17.5 Å². The Bertz CT molecular complexity index is 1240. The van der Waals surface area contributed by atoms with E-state index in [1.54, 1.807) is 59.9 Å². The minimum absolute atomic E-state index is 0.151. The van der Waals surface area contributed by atoms with Crippen molar-refractivity contribution in [3.05, 3.63) is 70.4 Å². The molecule has 4 amide bonds. The minimum atomic E-state index is -0.910. The van der Waals surface area contributed by atoms with E-state index in [4.69, 9.17) is 9.47 Å². The minimum Gasteiger partial charge on any atom is -0.497 e. The highest BCUT2D eigenvalue weighted by molar-refractivity contribution is 7.10. The molecule has 0 bridgehead atoms. The maximum Gasteiger partial charge on any atom is 0.332 e. The quantitative estimate of drug-likeness (QED) is 0.396. The molecule has 1 atom stereocenters. The van der Waals surface area contributed by atoms with Crippen LogP contribution in [0.4, 0.5) is 16.2 Å². The van der Waals surface area contributed by atoms with Gasteiger partial charge in [-0.3, -0.25) is 9.59 Å². The number of methoxy groups -OCH3 is 1.